The average molecular weight is 772 g/mol. The number of rotatable bonds is 3. The summed E-state index contributed by atoms with van der Waals surface area (Å²) in [7, 11) is 0. The summed E-state index contributed by atoms with van der Waals surface area (Å²) in [6.07, 6.45) is 1.79. The van der Waals surface area contributed by atoms with Crippen LogP contribution in [0.15, 0.2) is 138 Å². The maximum atomic E-state index is 6.37. The molecule has 9 rings (SSSR count). The number of benzene rings is 5. The molecule has 9 aromatic rings. The molecule has 4 aromatic heterocycles. The molecule has 0 aliphatic heterocycles. The van der Waals surface area contributed by atoms with Gasteiger partial charge in [0.25, 0.3) is 0 Å². The number of aryl methyl sites for hydroxylation is 1. The molecule has 0 atom stereocenters. The molecule has 6 nitrogen and oxygen atoms in total. The van der Waals surface area contributed by atoms with Gasteiger partial charge in [0.05, 0.1) is 16.9 Å². The Labute approximate surface area is 278 Å². The van der Waals surface area contributed by atoms with E-state index >= 15 is 0 Å². The topological polar surface area (TPSA) is 69.6 Å². The number of hydrogen-bond donors (Lipinski definition) is 0. The Balaban J connectivity index is 0.000000220. The Morgan fingerprint density at radius 3 is 2.28 bits per heavy atom. The van der Waals surface area contributed by atoms with Crippen molar-refractivity contribution in [2.24, 2.45) is 0 Å². The fraction of sp³-hybridized carbons (Fsp3) is 0.0256. The van der Waals surface area contributed by atoms with Crippen LogP contribution in [0.2, 0.25) is 0 Å². The minimum Gasteiger partial charge on any atom is -0.501 e. The molecule has 0 fully saturated rings. The van der Waals surface area contributed by atoms with E-state index in [9.17, 15) is 0 Å². The third-order valence-corrected chi connectivity index (χ3v) is 7.80. The van der Waals surface area contributed by atoms with Gasteiger partial charge in [-0.1, -0.05) is 84.6 Å². The second kappa shape index (κ2) is 12.5. The minimum atomic E-state index is 0. The minimum absolute atomic E-state index is 0. The second-order valence-electron chi connectivity index (χ2n) is 10.6. The summed E-state index contributed by atoms with van der Waals surface area (Å²) in [5.74, 6) is 0.728. The maximum Gasteiger partial charge on any atom is 0.178 e. The predicted octanol–water partition coefficient (Wildman–Crippen LogP) is 9.19. The van der Waals surface area contributed by atoms with E-state index in [0.717, 1.165) is 72.3 Å². The monoisotopic (exact) mass is 772 g/mol. The Hall–Kier alpha value is -5.49. The van der Waals surface area contributed by atoms with Crippen molar-refractivity contribution in [3.8, 4) is 28.3 Å². The normalized spacial score (nSPS) is 11.0. The van der Waals surface area contributed by atoms with Gasteiger partial charge in [0.2, 0.25) is 0 Å². The Bertz CT molecular complexity index is 2400. The number of aromatic nitrogens is 5. The maximum absolute atomic E-state index is 6.37. The third kappa shape index (κ3) is 5.16. The summed E-state index contributed by atoms with van der Waals surface area (Å²) < 4.78 is 8.42. The van der Waals surface area contributed by atoms with Crippen LogP contribution in [0.4, 0.5) is 0 Å². The quantitative estimate of drug-likeness (QED) is 0.168. The number of para-hydroxylation sites is 2. The first kappa shape index (κ1) is 29.2. The van der Waals surface area contributed by atoms with Crippen LogP contribution in [-0.2, 0) is 20.1 Å². The molecule has 0 aliphatic rings. The Morgan fingerprint density at radius 2 is 1.48 bits per heavy atom. The van der Waals surface area contributed by atoms with E-state index in [2.05, 4.69) is 40.3 Å². The van der Waals surface area contributed by atoms with Gasteiger partial charge in [-0.25, -0.2) is 0 Å². The molecule has 0 aliphatic carbocycles. The van der Waals surface area contributed by atoms with Gasteiger partial charge in [-0.05, 0) is 36.0 Å². The molecule has 0 bridgehead atoms. The molecule has 0 spiro atoms. The summed E-state index contributed by atoms with van der Waals surface area (Å²) in [6, 6.07) is 48.5. The van der Waals surface area contributed by atoms with E-state index in [4.69, 9.17) is 9.40 Å². The number of nitrogens with zero attached hydrogens (tertiary/aromatic N) is 5. The van der Waals surface area contributed by atoms with Crippen molar-refractivity contribution in [1.29, 1.82) is 0 Å². The summed E-state index contributed by atoms with van der Waals surface area (Å²) in [5.41, 5.74) is 8.84. The molecule has 46 heavy (non-hydrogen) atoms. The van der Waals surface area contributed by atoms with Gasteiger partial charge < -0.3 is 14.0 Å². The van der Waals surface area contributed by atoms with E-state index in [-0.39, 0.29) is 20.1 Å². The zero-order valence-corrected chi connectivity index (χ0v) is 27.1. The van der Waals surface area contributed by atoms with Gasteiger partial charge in [0.1, 0.15) is 11.1 Å². The van der Waals surface area contributed by atoms with E-state index in [1.165, 1.54) is 0 Å². The third-order valence-electron chi connectivity index (χ3n) is 7.80. The van der Waals surface area contributed by atoms with Gasteiger partial charge >= 0.3 is 0 Å². The van der Waals surface area contributed by atoms with Crippen LogP contribution in [0, 0.1) is 19.1 Å². The number of furan rings is 1. The number of pyridine rings is 1. The SMILES string of the molecule is Cc1c[c-]c(-c2nc3c4ccccc4nnc3n2-c2ccccc2)c2oc3ccccc3c12.[Ir].[c-]1ccccc1-c1ccccn1. The fourth-order valence-electron chi connectivity index (χ4n) is 5.71. The predicted molar refractivity (Wildman–Crippen MR) is 179 cm³/mol. The van der Waals surface area contributed by atoms with E-state index in [1.54, 1.807) is 6.20 Å². The fourth-order valence-corrected chi connectivity index (χ4v) is 5.71. The van der Waals surface area contributed by atoms with Crippen LogP contribution < -0.4 is 0 Å². The van der Waals surface area contributed by atoms with Crippen LogP contribution in [0.5, 0.6) is 0 Å². The van der Waals surface area contributed by atoms with Gasteiger partial charge in [0.15, 0.2) is 5.65 Å². The molecular formula is C39H25IrN5O-2. The van der Waals surface area contributed by atoms with Gasteiger partial charge in [-0.2, -0.15) is 0 Å². The number of fused-ring (bicyclic) bond motifs is 6. The summed E-state index contributed by atoms with van der Waals surface area (Å²) in [4.78, 5) is 9.32. The van der Waals surface area contributed by atoms with E-state index < -0.39 is 0 Å². The molecule has 1 radical (unpaired) electrons. The van der Waals surface area contributed by atoms with E-state index in [0.29, 0.717) is 5.65 Å². The molecule has 223 valence electrons. The summed E-state index contributed by atoms with van der Waals surface area (Å²) >= 11 is 0. The molecule has 0 unspecified atom stereocenters. The standard InChI is InChI=1S/C28H17N4O.C11H8N.Ir/c1-17-15-16-21(26-24(17)20-12-6-8-14-23(20)33-26)27-29-25-19-11-5-7-13-22(19)30-31-28(25)32(27)18-9-3-2-4-10-18;1-2-6-10(7-3-1)11-8-4-5-9-12-11;/h2-15H,1H3;1-6,8-9H;/q2*-1;. The van der Waals surface area contributed by atoms with Crippen molar-refractivity contribution in [3.63, 3.8) is 0 Å². The number of imidazole rings is 1. The molecule has 0 saturated heterocycles. The van der Waals surface area contributed by atoms with Crippen LogP contribution >= 0.6 is 0 Å². The first-order valence-electron chi connectivity index (χ1n) is 14.7. The largest absolute Gasteiger partial charge is 0.501 e. The number of hydrogen-bond acceptors (Lipinski definition) is 5. The van der Waals surface area contributed by atoms with E-state index in [1.807, 2.05) is 126 Å². The average Bonchev–Trinajstić information content (AvgIpc) is 3.70. The van der Waals surface area contributed by atoms with Gasteiger partial charge in [-0.15, -0.1) is 63.8 Å². The first-order valence-corrected chi connectivity index (χ1v) is 14.7. The molecule has 7 heteroatoms. The zero-order valence-electron chi connectivity index (χ0n) is 24.7. The summed E-state index contributed by atoms with van der Waals surface area (Å²) in [6.45, 7) is 2.09. The van der Waals surface area contributed by atoms with Crippen molar-refractivity contribution in [1.82, 2.24) is 24.7 Å². The smallest absolute Gasteiger partial charge is 0.178 e. The Morgan fingerprint density at radius 1 is 0.717 bits per heavy atom. The van der Waals surface area contributed by atoms with Crippen molar-refractivity contribution in [2.45, 2.75) is 6.92 Å². The van der Waals surface area contributed by atoms with Crippen LogP contribution in [0.3, 0.4) is 0 Å². The van der Waals surface area contributed by atoms with Crippen molar-refractivity contribution >= 4 is 44.0 Å². The van der Waals surface area contributed by atoms with Gasteiger partial charge in [-0.3, -0.25) is 4.98 Å². The van der Waals surface area contributed by atoms with Crippen LogP contribution in [-0.4, -0.2) is 24.7 Å². The molecule has 5 aromatic carbocycles. The Kier molecular flexibility index (Phi) is 7.93. The molecule has 4 heterocycles. The molecule has 0 amide bonds. The summed E-state index contributed by atoms with van der Waals surface area (Å²) in [5, 5.41) is 12.2. The van der Waals surface area contributed by atoms with Crippen LogP contribution in [0.25, 0.3) is 72.3 Å². The van der Waals surface area contributed by atoms with Crippen molar-refractivity contribution < 1.29 is 24.5 Å². The molecule has 0 N–H and O–H groups in total. The van der Waals surface area contributed by atoms with Gasteiger partial charge in [0, 0.05) is 42.8 Å². The second-order valence-corrected chi connectivity index (χ2v) is 10.6. The first-order chi connectivity index (χ1) is 22.3. The molecule has 0 saturated carbocycles. The van der Waals surface area contributed by atoms with Crippen molar-refractivity contribution in [2.75, 3.05) is 0 Å². The van der Waals surface area contributed by atoms with Crippen LogP contribution in [0.1, 0.15) is 5.56 Å². The van der Waals surface area contributed by atoms with Crippen molar-refractivity contribution in [3.05, 3.63) is 151 Å². The molecular weight excluding hydrogens is 747 g/mol. The zero-order chi connectivity index (χ0) is 30.2.